The number of aliphatic imine (C=N–C) groups is 1. The highest BCUT2D eigenvalue weighted by atomic mass is 31.1. The molecule has 6 heteroatoms. The van der Waals surface area contributed by atoms with Gasteiger partial charge in [-0.1, -0.05) is 32.8 Å². The maximum absolute atomic E-state index is 13.8. The van der Waals surface area contributed by atoms with Crippen LogP contribution in [0.4, 0.5) is 10.1 Å². The van der Waals surface area contributed by atoms with Crippen molar-refractivity contribution < 1.29 is 19.0 Å². The summed E-state index contributed by atoms with van der Waals surface area (Å²) in [5, 5.41) is 11.9. The van der Waals surface area contributed by atoms with Gasteiger partial charge < -0.3 is 14.6 Å². The zero-order chi connectivity index (χ0) is 19.2. The molecule has 1 unspecified atom stereocenters. The molecule has 0 aliphatic carbocycles. The van der Waals surface area contributed by atoms with E-state index in [9.17, 15) is 9.50 Å². The van der Waals surface area contributed by atoms with E-state index in [-0.39, 0.29) is 20.1 Å². The Morgan fingerprint density at radius 1 is 0.963 bits per heavy atom. The van der Waals surface area contributed by atoms with Crippen molar-refractivity contribution in [2.45, 2.75) is 0 Å². The third-order valence-corrected chi connectivity index (χ3v) is 5.27. The van der Waals surface area contributed by atoms with Crippen molar-refractivity contribution in [3.63, 3.8) is 0 Å². The van der Waals surface area contributed by atoms with Crippen LogP contribution in [0.15, 0.2) is 65.7 Å². The summed E-state index contributed by atoms with van der Waals surface area (Å²) in [6, 6.07) is 17.3. The summed E-state index contributed by atoms with van der Waals surface area (Å²) in [7, 11) is 3.10. The van der Waals surface area contributed by atoms with E-state index in [4.69, 9.17) is 9.47 Å². The first-order valence-corrected chi connectivity index (χ1v) is 9.21. The van der Waals surface area contributed by atoms with Crippen LogP contribution in [-0.4, -0.2) is 25.5 Å². The highest BCUT2D eigenvalue weighted by Crippen LogP contribution is 2.33. The first-order valence-electron chi connectivity index (χ1n) is 8.21. The maximum Gasteiger partial charge on any atom is 0.165 e. The lowest BCUT2D eigenvalue weighted by atomic mass is 10.2. The first-order chi connectivity index (χ1) is 13.1. The number of phenolic OH excluding ortho intramolecular Hbond substituents is 1. The number of para-hydroxylation sites is 1. The Hall–Kier alpha value is -2.91. The van der Waals surface area contributed by atoms with Crippen LogP contribution in [-0.2, 0) is 0 Å². The van der Waals surface area contributed by atoms with Crippen LogP contribution in [0.5, 0.6) is 17.2 Å². The molecule has 0 spiro atoms. The minimum atomic E-state index is -0.342. The van der Waals surface area contributed by atoms with Gasteiger partial charge in [-0.2, -0.15) is 0 Å². The van der Waals surface area contributed by atoms with E-state index in [2.05, 4.69) is 4.99 Å². The molecule has 0 bridgehead atoms. The van der Waals surface area contributed by atoms with Gasteiger partial charge >= 0.3 is 0 Å². The molecule has 0 heterocycles. The molecule has 0 amide bonds. The molecule has 1 atom stereocenters. The predicted octanol–water partition coefficient (Wildman–Crippen LogP) is 3.93. The number of ether oxygens (including phenoxy) is 2. The van der Waals surface area contributed by atoms with Gasteiger partial charge in [-0.15, -0.1) is 0 Å². The monoisotopic (exact) mass is 383 g/mol. The largest absolute Gasteiger partial charge is 0.504 e. The van der Waals surface area contributed by atoms with E-state index in [1.165, 1.54) is 19.2 Å². The molecule has 4 nitrogen and oxygen atoms in total. The molecular formula is C21H19FNO3P. The van der Waals surface area contributed by atoms with Crippen molar-refractivity contribution in [3.05, 3.63) is 72.0 Å². The molecule has 0 saturated heterocycles. The Morgan fingerprint density at radius 2 is 1.74 bits per heavy atom. The molecule has 138 valence electrons. The SMILES string of the molecule is COc1cc(OC)c(O)c(Pc2ccc(F)cc2/C=N/c2ccccc2)c1. The van der Waals surface area contributed by atoms with Crippen molar-refractivity contribution in [2.75, 3.05) is 14.2 Å². The zero-order valence-corrected chi connectivity index (χ0v) is 15.9. The fourth-order valence-electron chi connectivity index (χ4n) is 2.51. The highest BCUT2D eigenvalue weighted by Gasteiger charge is 2.13. The number of nitrogens with zero attached hydrogens (tertiary/aromatic N) is 1. The van der Waals surface area contributed by atoms with E-state index in [0.29, 0.717) is 22.4 Å². The number of aromatic hydroxyl groups is 1. The standard InChI is InChI=1S/C21H19FNO3P/c1-25-17-11-18(26-2)21(24)20(12-17)27-19-9-8-15(22)10-14(19)13-23-16-6-4-3-5-7-16/h3-13,24,27H,1-2H3/b23-13+. The summed E-state index contributed by atoms with van der Waals surface area (Å²) in [5.41, 5.74) is 1.43. The van der Waals surface area contributed by atoms with Crippen LogP contribution in [0, 0.1) is 5.82 Å². The van der Waals surface area contributed by atoms with Gasteiger partial charge in [-0.3, -0.25) is 4.99 Å². The average molecular weight is 383 g/mol. The summed E-state index contributed by atoms with van der Waals surface area (Å²) in [5.74, 6) is 0.615. The fraction of sp³-hybridized carbons (Fsp3) is 0.0952. The normalized spacial score (nSPS) is 11.4. The predicted molar refractivity (Wildman–Crippen MR) is 109 cm³/mol. The van der Waals surface area contributed by atoms with Gasteiger partial charge in [-0.25, -0.2) is 4.39 Å². The second kappa shape index (κ2) is 8.65. The summed E-state index contributed by atoms with van der Waals surface area (Å²) < 4.78 is 24.3. The molecule has 3 aromatic carbocycles. The van der Waals surface area contributed by atoms with Gasteiger partial charge in [0, 0.05) is 23.1 Å². The Morgan fingerprint density at radius 3 is 2.44 bits per heavy atom. The van der Waals surface area contributed by atoms with Crippen LogP contribution in [0.2, 0.25) is 0 Å². The smallest absolute Gasteiger partial charge is 0.165 e. The number of hydrogen-bond donors (Lipinski definition) is 1. The van der Waals surface area contributed by atoms with E-state index >= 15 is 0 Å². The number of rotatable bonds is 6. The Kier molecular flexibility index (Phi) is 6.05. The van der Waals surface area contributed by atoms with Crippen molar-refractivity contribution in [1.29, 1.82) is 0 Å². The molecule has 3 rings (SSSR count). The molecule has 0 aliphatic rings. The Labute approximate surface area is 159 Å². The minimum Gasteiger partial charge on any atom is -0.504 e. The van der Waals surface area contributed by atoms with E-state index in [1.807, 2.05) is 30.3 Å². The summed E-state index contributed by atoms with van der Waals surface area (Å²) in [4.78, 5) is 4.41. The first kappa shape index (κ1) is 18.9. The second-order valence-corrected chi connectivity index (χ2v) is 7.00. The van der Waals surface area contributed by atoms with E-state index in [1.54, 1.807) is 31.5 Å². The number of hydrogen-bond acceptors (Lipinski definition) is 4. The lowest BCUT2D eigenvalue weighted by Gasteiger charge is -2.13. The van der Waals surface area contributed by atoms with Crippen LogP contribution in [0.25, 0.3) is 0 Å². The van der Waals surface area contributed by atoms with Gasteiger partial charge in [0.05, 0.1) is 19.9 Å². The minimum absolute atomic E-state index is 0.0481. The van der Waals surface area contributed by atoms with Gasteiger partial charge in [0.15, 0.2) is 11.5 Å². The maximum atomic E-state index is 13.8. The lowest BCUT2D eigenvalue weighted by Crippen LogP contribution is -2.11. The van der Waals surface area contributed by atoms with Gasteiger partial charge in [-0.05, 0) is 35.6 Å². The number of phenols is 1. The van der Waals surface area contributed by atoms with Crippen LogP contribution < -0.4 is 20.1 Å². The quantitative estimate of drug-likeness (QED) is 0.518. The fourth-order valence-corrected chi connectivity index (χ4v) is 3.70. The summed E-state index contributed by atoms with van der Waals surface area (Å²) >= 11 is 0. The number of halogens is 1. The third kappa shape index (κ3) is 4.63. The van der Waals surface area contributed by atoms with Crippen LogP contribution >= 0.6 is 8.58 Å². The van der Waals surface area contributed by atoms with Gasteiger partial charge in [0.25, 0.3) is 0 Å². The molecule has 0 fully saturated rings. The van der Waals surface area contributed by atoms with Crippen molar-refractivity contribution >= 4 is 31.1 Å². The summed E-state index contributed by atoms with van der Waals surface area (Å²) in [6.45, 7) is 0. The van der Waals surface area contributed by atoms with E-state index in [0.717, 1.165) is 11.0 Å². The van der Waals surface area contributed by atoms with Crippen molar-refractivity contribution in [2.24, 2.45) is 4.99 Å². The number of methoxy groups -OCH3 is 2. The molecule has 0 saturated carbocycles. The van der Waals surface area contributed by atoms with Gasteiger partial charge in [0.2, 0.25) is 0 Å². The molecule has 3 aromatic rings. The van der Waals surface area contributed by atoms with Crippen LogP contribution in [0.1, 0.15) is 5.56 Å². The molecular weight excluding hydrogens is 364 g/mol. The number of benzene rings is 3. The third-order valence-electron chi connectivity index (χ3n) is 3.90. The molecule has 1 N–H and O–H groups in total. The van der Waals surface area contributed by atoms with Crippen molar-refractivity contribution in [1.82, 2.24) is 0 Å². The van der Waals surface area contributed by atoms with Gasteiger partial charge in [0.1, 0.15) is 11.6 Å². The highest BCUT2D eigenvalue weighted by molar-refractivity contribution is 7.56. The summed E-state index contributed by atoms with van der Waals surface area (Å²) in [6.07, 6.45) is 1.63. The van der Waals surface area contributed by atoms with Crippen LogP contribution in [0.3, 0.4) is 0 Å². The average Bonchev–Trinajstić information content (AvgIpc) is 2.70. The van der Waals surface area contributed by atoms with Crippen molar-refractivity contribution in [3.8, 4) is 17.2 Å². The zero-order valence-electron chi connectivity index (χ0n) is 14.9. The lowest BCUT2D eigenvalue weighted by molar-refractivity contribution is 0.366. The van der Waals surface area contributed by atoms with E-state index < -0.39 is 0 Å². The second-order valence-electron chi connectivity index (χ2n) is 5.68. The topological polar surface area (TPSA) is 51.0 Å². The Balaban J connectivity index is 1.97. The molecule has 0 aromatic heterocycles. The molecule has 27 heavy (non-hydrogen) atoms. The Bertz CT molecular complexity index is 961. The molecule has 0 aliphatic heterocycles. The molecule has 0 radical (unpaired) electrons.